The Kier molecular flexibility index (Phi) is 7.04. The molecule has 0 aliphatic heterocycles. The Labute approximate surface area is 290 Å². The van der Waals surface area contributed by atoms with Crippen LogP contribution in [-0.2, 0) is 0 Å². The maximum atomic E-state index is 4.35. The maximum absolute atomic E-state index is 4.35. The lowest BCUT2D eigenvalue weighted by Crippen LogP contribution is -1.96. The molecule has 1 heterocycles. The summed E-state index contributed by atoms with van der Waals surface area (Å²) in [6, 6.07) is 51.2. The minimum absolute atomic E-state index is 1.16. The second-order valence-electron chi connectivity index (χ2n) is 12.8. The molecule has 9 aromatic rings. The second-order valence-corrected chi connectivity index (χ2v) is 13.8. The van der Waals surface area contributed by atoms with E-state index in [1.807, 2.05) is 17.4 Å². The number of benzene rings is 8. The topological polar surface area (TPSA) is 0 Å². The van der Waals surface area contributed by atoms with E-state index in [9.17, 15) is 0 Å². The summed E-state index contributed by atoms with van der Waals surface area (Å²) in [7, 11) is 0. The van der Waals surface area contributed by atoms with Crippen molar-refractivity contribution in [1.82, 2.24) is 0 Å². The number of aryl methyl sites for hydroxylation is 1. The molecule has 0 saturated carbocycles. The lowest BCUT2D eigenvalue weighted by atomic mass is 9.83. The van der Waals surface area contributed by atoms with Crippen LogP contribution in [0, 0.1) is 6.92 Å². The van der Waals surface area contributed by atoms with Gasteiger partial charge in [-0.1, -0.05) is 158 Å². The van der Waals surface area contributed by atoms with Gasteiger partial charge in [-0.25, -0.2) is 0 Å². The van der Waals surface area contributed by atoms with Crippen molar-refractivity contribution in [3.05, 3.63) is 169 Å². The fourth-order valence-electron chi connectivity index (χ4n) is 8.04. The molecule has 0 aliphatic carbocycles. The molecule has 0 atom stereocenters. The Morgan fingerprint density at radius 3 is 1.69 bits per heavy atom. The number of hydrogen-bond donors (Lipinski definition) is 0. The molecule has 0 radical (unpaired) electrons. The molecule has 0 bridgehead atoms. The molecule has 8 aromatic carbocycles. The highest BCUT2D eigenvalue weighted by molar-refractivity contribution is 7.26. The number of thiophene rings is 1. The highest BCUT2D eigenvalue weighted by Crippen LogP contribution is 2.48. The zero-order chi connectivity index (χ0) is 33.1. The van der Waals surface area contributed by atoms with Crippen LogP contribution in [0.4, 0.5) is 0 Å². The van der Waals surface area contributed by atoms with Gasteiger partial charge in [-0.3, -0.25) is 0 Å². The minimum Gasteiger partial charge on any atom is -0.135 e. The van der Waals surface area contributed by atoms with Gasteiger partial charge in [-0.05, 0) is 96.7 Å². The molecular formula is C48H34S. The summed E-state index contributed by atoms with van der Waals surface area (Å²) in [5.74, 6) is 0. The Morgan fingerprint density at radius 1 is 0.490 bits per heavy atom. The van der Waals surface area contributed by atoms with E-state index in [0.29, 0.717) is 0 Å². The van der Waals surface area contributed by atoms with Gasteiger partial charge >= 0.3 is 0 Å². The van der Waals surface area contributed by atoms with Gasteiger partial charge in [0.15, 0.2) is 0 Å². The van der Waals surface area contributed by atoms with Crippen molar-refractivity contribution in [2.75, 3.05) is 0 Å². The smallest absolute Gasteiger partial charge is 0.0434 e. The second kappa shape index (κ2) is 11.7. The fraction of sp³-hybridized carbons (Fsp3) is 0.0417. The van der Waals surface area contributed by atoms with Crippen LogP contribution < -0.4 is 0 Å². The molecule has 0 saturated heterocycles. The SMILES string of the molecule is C=Cc1c(/C=C\C)c(-c2cccc3c2sc2cc(-c4c5ccccc5c(C)c5ccccc45)ccc23)c2ccccc2c1-c1ccccc1. The highest BCUT2D eigenvalue weighted by atomic mass is 32.1. The first-order chi connectivity index (χ1) is 24.2. The van der Waals surface area contributed by atoms with Crippen molar-refractivity contribution in [2.24, 2.45) is 0 Å². The molecule has 49 heavy (non-hydrogen) atoms. The van der Waals surface area contributed by atoms with Crippen LogP contribution in [0.3, 0.4) is 0 Å². The van der Waals surface area contributed by atoms with Crippen molar-refractivity contribution < 1.29 is 0 Å². The number of rotatable bonds is 5. The summed E-state index contributed by atoms with van der Waals surface area (Å²) < 4.78 is 2.61. The van der Waals surface area contributed by atoms with Gasteiger partial charge in [-0.2, -0.15) is 0 Å². The quantitative estimate of drug-likeness (QED) is 0.164. The van der Waals surface area contributed by atoms with Gasteiger partial charge in [0.2, 0.25) is 0 Å². The lowest BCUT2D eigenvalue weighted by Gasteiger charge is -2.20. The first-order valence-electron chi connectivity index (χ1n) is 16.9. The number of hydrogen-bond acceptors (Lipinski definition) is 1. The summed E-state index contributed by atoms with van der Waals surface area (Å²) >= 11 is 1.91. The van der Waals surface area contributed by atoms with Gasteiger partial charge in [0.1, 0.15) is 0 Å². The molecule has 0 spiro atoms. The molecule has 0 N–H and O–H groups in total. The van der Waals surface area contributed by atoms with Crippen LogP contribution in [0.15, 0.2) is 152 Å². The third kappa shape index (κ3) is 4.50. The van der Waals surface area contributed by atoms with E-state index in [1.54, 1.807) is 0 Å². The first kappa shape index (κ1) is 29.4. The van der Waals surface area contributed by atoms with Crippen LogP contribution in [0.25, 0.3) is 98.0 Å². The monoisotopic (exact) mass is 642 g/mol. The Morgan fingerprint density at radius 2 is 1.06 bits per heavy atom. The van der Waals surface area contributed by atoms with Gasteiger partial charge in [-0.15, -0.1) is 11.3 Å². The van der Waals surface area contributed by atoms with E-state index in [2.05, 4.69) is 172 Å². The van der Waals surface area contributed by atoms with Crippen LogP contribution in [0.5, 0.6) is 0 Å². The van der Waals surface area contributed by atoms with Gasteiger partial charge in [0, 0.05) is 25.7 Å². The van der Waals surface area contributed by atoms with Crippen LogP contribution >= 0.6 is 11.3 Å². The Bertz CT molecular complexity index is 2740. The third-order valence-electron chi connectivity index (χ3n) is 10.2. The molecule has 1 heteroatoms. The van der Waals surface area contributed by atoms with Crippen LogP contribution in [0.1, 0.15) is 23.6 Å². The summed E-state index contributed by atoms with van der Waals surface area (Å²) in [5.41, 5.74) is 11.2. The standard InChI is InChI=1S/C48H34S/c1-4-16-37-33(5-2)45(31-17-7-6-8-18-31)40-23-13-14-24-41(40)47(37)43-26-15-25-42-36-28-27-32(29-44(36)49-48(42)43)46-38-21-11-9-19-34(38)30(3)35-20-10-12-22-39(35)46/h4-29H,2H2,1,3H3/b16-4-. The fourth-order valence-corrected chi connectivity index (χ4v) is 9.31. The first-order valence-corrected chi connectivity index (χ1v) is 17.7. The van der Waals surface area contributed by atoms with E-state index >= 15 is 0 Å². The average molecular weight is 643 g/mol. The summed E-state index contributed by atoms with van der Waals surface area (Å²) in [5, 5.41) is 10.3. The molecule has 9 rings (SSSR count). The molecule has 0 nitrogen and oxygen atoms in total. The van der Waals surface area contributed by atoms with E-state index in [1.165, 1.54) is 97.0 Å². The van der Waals surface area contributed by atoms with E-state index in [4.69, 9.17) is 0 Å². The molecule has 1 aromatic heterocycles. The molecule has 0 unspecified atom stereocenters. The average Bonchev–Trinajstić information content (AvgIpc) is 3.53. The third-order valence-corrected chi connectivity index (χ3v) is 11.4. The predicted octanol–water partition coefficient (Wildman–Crippen LogP) is 14.5. The molecular weight excluding hydrogens is 609 g/mol. The van der Waals surface area contributed by atoms with Crippen LogP contribution in [0.2, 0.25) is 0 Å². The molecule has 232 valence electrons. The Balaban J connectivity index is 1.34. The van der Waals surface area contributed by atoms with Gasteiger partial charge in [0.25, 0.3) is 0 Å². The van der Waals surface area contributed by atoms with Crippen LogP contribution in [-0.4, -0.2) is 0 Å². The van der Waals surface area contributed by atoms with E-state index in [-0.39, 0.29) is 0 Å². The van der Waals surface area contributed by atoms with E-state index < -0.39 is 0 Å². The van der Waals surface area contributed by atoms with E-state index in [0.717, 1.165) is 5.56 Å². The summed E-state index contributed by atoms with van der Waals surface area (Å²) in [6.07, 6.45) is 6.47. The highest BCUT2D eigenvalue weighted by Gasteiger charge is 2.22. The predicted molar refractivity (Wildman–Crippen MR) is 218 cm³/mol. The number of allylic oxidation sites excluding steroid dienone is 1. The Hall–Kier alpha value is -5.76. The summed E-state index contributed by atoms with van der Waals surface area (Å²) in [6.45, 7) is 8.71. The van der Waals surface area contributed by atoms with Crippen molar-refractivity contribution in [3.8, 4) is 33.4 Å². The zero-order valence-corrected chi connectivity index (χ0v) is 28.4. The zero-order valence-electron chi connectivity index (χ0n) is 27.6. The maximum Gasteiger partial charge on any atom is 0.0434 e. The van der Waals surface area contributed by atoms with Gasteiger partial charge in [0.05, 0.1) is 0 Å². The van der Waals surface area contributed by atoms with Crippen molar-refractivity contribution in [2.45, 2.75) is 13.8 Å². The molecule has 0 fully saturated rings. The lowest BCUT2D eigenvalue weighted by molar-refractivity contribution is 1.58. The molecule has 0 aliphatic rings. The normalized spacial score (nSPS) is 11.9. The van der Waals surface area contributed by atoms with Gasteiger partial charge < -0.3 is 0 Å². The van der Waals surface area contributed by atoms with Crippen molar-refractivity contribution >= 4 is 76.0 Å². The minimum atomic E-state index is 1.16. The van der Waals surface area contributed by atoms with Crippen molar-refractivity contribution in [1.29, 1.82) is 0 Å². The largest absolute Gasteiger partial charge is 0.135 e. The number of fused-ring (bicyclic) bond motifs is 6. The van der Waals surface area contributed by atoms with Crippen molar-refractivity contribution in [3.63, 3.8) is 0 Å². The molecule has 0 amide bonds. The summed E-state index contributed by atoms with van der Waals surface area (Å²) in [4.78, 5) is 0.